The van der Waals surface area contributed by atoms with E-state index in [0.29, 0.717) is 6.04 Å². The van der Waals surface area contributed by atoms with Crippen molar-refractivity contribution in [3.63, 3.8) is 0 Å². The lowest BCUT2D eigenvalue weighted by atomic mass is 10.0. The van der Waals surface area contributed by atoms with E-state index in [4.69, 9.17) is 4.74 Å². The largest absolute Gasteiger partial charge is 0.496 e. The molecule has 1 rings (SSSR count). The van der Waals surface area contributed by atoms with E-state index in [-0.39, 0.29) is 0 Å². The van der Waals surface area contributed by atoms with Crippen molar-refractivity contribution in [2.75, 3.05) is 25.2 Å². The van der Waals surface area contributed by atoms with Crippen LogP contribution >= 0.6 is 11.8 Å². The Bertz CT molecular complexity index is 393. The maximum Gasteiger partial charge on any atom is 0.123 e. The third kappa shape index (κ3) is 5.76. The molecule has 3 heteroatoms. The highest BCUT2D eigenvalue weighted by molar-refractivity contribution is 7.99. The van der Waals surface area contributed by atoms with Gasteiger partial charge in [0.25, 0.3) is 0 Å². The van der Waals surface area contributed by atoms with Crippen molar-refractivity contribution in [1.82, 2.24) is 5.32 Å². The Morgan fingerprint density at radius 1 is 1.30 bits per heavy atom. The summed E-state index contributed by atoms with van der Waals surface area (Å²) in [5.74, 6) is 4.10. The lowest BCUT2D eigenvalue weighted by Crippen LogP contribution is -2.23. The molecule has 0 aliphatic rings. The van der Waals surface area contributed by atoms with Gasteiger partial charge in [-0.3, -0.25) is 0 Å². The SMILES string of the molecule is CCNC(CSCCC(C)C)c1cc(C)ccc1OC. The Hall–Kier alpha value is -0.670. The van der Waals surface area contributed by atoms with Crippen molar-refractivity contribution in [1.29, 1.82) is 0 Å². The van der Waals surface area contributed by atoms with E-state index < -0.39 is 0 Å². The third-order valence-electron chi connectivity index (χ3n) is 3.34. The molecule has 0 bridgehead atoms. The normalized spacial score (nSPS) is 12.7. The summed E-state index contributed by atoms with van der Waals surface area (Å²) in [4.78, 5) is 0. The number of hydrogen-bond donors (Lipinski definition) is 1. The minimum atomic E-state index is 0.368. The van der Waals surface area contributed by atoms with Gasteiger partial charge in [-0.15, -0.1) is 0 Å². The van der Waals surface area contributed by atoms with Gasteiger partial charge >= 0.3 is 0 Å². The van der Waals surface area contributed by atoms with Gasteiger partial charge in [-0.25, -0.2) is 0 Å². The van der Waals surface area contributed by atoms with E-state index in [0.717, 1.165) is 24.0 Å². The van der Waals surface area contributed by atoms with Gasteiger partial charge in [0.05, 0.1) is 7.11 Å². The average molecular weight is 295 g/mol. The Morgan fingerprint density at radius 3 is 2.65 bits per heavy atom. The van der Waals surface area contributed by atoms with Gasteiger partial charge in [0.15, 0.2) is 0 Å². The lowest BCUT2D eigenvalue weighted by Gasteiger charge is -2.21. The zero-order valence-corrected chi connectivity index (χ0v) is 14.3. The molecule has 20 heavy (non-hydrogen) atoms. The highest BCUT2D eigenvalue weighted by atomic mass is 32.2. The molecular formula is C17H29NOS. The van der Waals surface area contributed by atoms with Crippen LogP contribution in [0, 0.1) is 12.8 Å². The van der Waals surface area contributed by atoms with Crippen molar-refractivity contribution in [3.05, 3.63) is 29.3 Å². The maximum atomic E-state index is 5.52. The lowest BCUT2D eigenvalue weighted by molar-refractivity contribution is 0.403. The van der Waals surface area contributed by atoms with E-state index in [1.54, 1.807) is 7.11 Å². The monoisotopic (exact) mass is 295 g/mol. The van der Waals surface area contributed by atoms with Crippen LogP contribution in [0.5, 0.6) is 5.75 Å². The molecule has 0 saturated carbocycles. The van der Waals surface area contributed by atoms with Crippen molar-refractivity contribution in [2.24, 2.45) is 5.92 Å². The van der Waals surface area contributed by atoms with E-state index >= 15 is 0 Å². The molecular weight excluding hydrogens is 266 g/mol. The van der Waals surface area contributed by atoms with Gasteiger partial charge in [0.2, 0.25) is 0 Å². The molecule has 0 aliphatic heterocycles. The molecule has 0 fully saturated rings. The van der Waals surface area contributed by atoms with Crippen molar-refractivity contribution in [2.45, 2.75) is 40.2 Å². The fourth-order valence-corrected chi connectivity index (χ4v) is 3.49. The zero-order valence-electron chi connectivity index (χ0n) is 13.5. The molecule has 0 amide bonds. The number of thioether (sulfide) groups is 1. The second-order valence-electron chi connectivity index (χ2n) is 5.61. The quantitative estimate of drug-likeness (QED) is 0.681. The zero-order chi connectivity index (χ0) is 15.0. The minimum absolute atomic E-state index is 0.368. The van der Waals surface area contributed by atoms with Crippen LogP contribution in [-0.4, -0.2) is 25.2 Å². The number of benzene rings is 1. The second kappa shape index (κ2) is 9.30. The highest BCUT2D eigenvalue weighted by Crippen LogP contribution is 2.29. The standard InChI is InChI=1S/C17H29NOS/c1-6-18-16(12-20-10-9-13(2)3)15-11-14(4)7-8-17(15)19-5/h7-8,11,13,16,18H,6,9-10,12H2,1-5H3. The first-order valence-electron chi connectivity index (χ1n) is 7.54. The van der Waals surface area contributed by atoms with Crippen LogP contribution in [0.4, 0.5) is 0 Å². The summed E-state index contributed by atoms with van der Waals surface area (Å²) in [5.41, 5.74) is 2.57. The van der Waals surface area contributed by atoms with Crippen molar-refractivity contribution < 1.29 is 4.74 Å². The Kier molecular flexibility index (Phi) is 8.08. The number of hydrogen-bond acceptors (Lipinski definition) is 3. The number of rotatable bonds is 9. The fourth-order valence-electron chi connectivity index (χ4n) is 2.15. The van der Waals surface area contributed by atoms with Crippen LogP contribution in [-0.2, 0) is 0 Å². The summed E-state index contributed by atoms with van der Waals surface area (Å²) >= 11 is 2.03. The first-order chi connectivity index (χ1) is 9.58. The molecule has 1 aromatic rings. The van der Waals surface area contributed by atoms with E-state index in [2.05, 4.69) is 51.2 Å². The second-order valence-corrected chi connectivity index (χ2v) is 6.76. The van der Waals surface area contributed by atoms with E-state index in [9.17, 15) is 0 Å². The van der Waals surface area contributed by atoms with E-state index in [1.165, 1.54) is 23.3 Å². The van der Waals surface area contributed by atoms with Crippen LogP contribution in [0.3, 0.4) is 0 Å². The summed E-state index contributed by atoms with van der Waals surface area (Å²) in [6, 6.07) is 6.80. The summed E-state index contributed by atoms with van der Waals surface area (Å²) in [6.45, 7) is 9.84. The molecule has 1 unspecified atom stereocenters. The van der Waals surface area contributed by atoms with Gasteiger partial charge in [-0.05, 0) is 37.6 Å². The maximum absolute atomic E-state index is 5.52. The number of ether oxygens (including phenoxy) is 1. The summed E-state index contributed by atoms with van der Waals surface area (Å²) in [6.07, 6.45) is 1.29. The van der Waals surface area contributed by atoms with Gasteiger partial charge in [0, 0.05) is 17.4 Å². The molecule has 1 N–H and O–H groups in total. The first kappa shape index (κ1) is 17.4. The molecule has 1 aromatic carbocycles. The average Bonchev–Trinajstić information content (AvgIpc) is 2.42. The van der Waals surface area contributed by atoms with Crippen LogP contribution in [0.2, 0.25) is 0 Å². The molecule has 0 heterocycles. The number of nitrogens with one attached hydrogen (secondary N) is 1. The van der Waals surface area contributed by atoms with Gasteiger partial charge in [-0.1, -0.05) is 38.5 Å². The van der Waals surface area contributed by atoms with Crippen molar-refractivity contribution >= 4 is 11.8 Å². The van der Waals surface area contributed by atoms with Crippen LogP contribution in [0.1, 0.15) is 44.4 Å². The predicted molar refractivity (Wildman–Crippen MR) is 90.9 cm³/mol. The third-order valence-corrected chi connectivity index (χ3v) is 4.43. The van der Waals surface area contributed by atoms with Gasteiger partial charge < -0.3 is 10.1 Å². The van der Waals surface area contributed by atoms with Crippen LogP contribution in [0.15, 0.2) is 18.2 Å². The molecule has 0 radical (unpaired) electrons. The Labute approximate surface area is 128 Å². The topological polar surface area (TPSA) is 21.3 Å². The van der Waals surface area contributed by atoms with Gasteiger partial charge in [-0.2, -0.15) is 11.8 Å². The number of methoxy groups -OCH3 is 1. The highest BCUT2D eigenvalue weighted by Gasteiger charge is 2.15. The van der Waals surface area contributed by atoms with Crippen molar-refractivity contribution in [3.8, 4) is 5.75 Å². The number of aryl methyl sites for hydroxylation is 1. The fraction of sp³-hybridized carbons (Fsp3) is 0.647. The molecule has 1 atom stereocenters. The molecule has 0 aliphatic carbocycles. The summed E-state index contributed by atoms with van der Waals surface area (Å²) < 4.78 is 5.52. The molecule has 0 aromatic heterocycles. The predicted octanol–water partition coefficient (Wildman–Crippen LogP) is 4.43. The molecule has 0 spiro atoms. The molecule has 114 valence electrons. The smallest absolute Gasteiger partial charge is 0.123 e. The summed E-state index contributed by atoms with van der Waals surface area (Å²) in [5, 5.41) is 3.59. The molecule has 2 nitrogen and oxygen atoms in total. The van der Waals surface area contributed by atoms with E-state index in [1.807, 2.05) is 11.8 Å². The first-order valence-corrected chi connectivity index (χ1v) is 8.69. The summed E-state index contributed by atoms with van der Waals surface area (Å²) in [7, 11) is 1.75. The molecule has 0 saturated heterocycles. The van der Waals surface area contributed by atoms with Crippen LogP contribution < -0.4 is 10.1 Å². The van der Waals surface area contributed by atoms with Gasteiger partial charge in [0.1, 0.15) is 5.75 Å². The minimum Gasteiger partial charge on any atom is -0.496 e. The Morgan fingerprint density at radius 2 is 2.05 bits per heavy atom. The Balaban J connectivity index is 2.71. The van der Waals surface area contributed by atoms with Crippen LogP contribution in [0.25, 0.3) is 0 Å².